The van der Waals surface area contributed by atoms with Crippen molar-refractivity contribution in [3.05, 3.63) is 59.7 Å². The number of phenolic OH excluding ortho intramolecular Hbond substituents is 1. The number of phenols is 1. The van der Waals surface area contributed by atoms with Crippen molar-refractivity contribution in [1.29, 1.82) is 0 Å². The Balaban J connectivity index is 1.87. The quantitative estimate of drug-likeness (QED) is 0.828. The third kappa shape index (κ3) is 4.62. The first-order valence-electron chi connectivity index (χ1n) is 7.53. The van der Waals surface area contributed by atoms with Crippen LogP contribution in [0.15, 0.2) is 48.5 Å². The monoisotopic (exact) mass is 297 g/mol. The van der Waals surface area contributed by atoms with Crippen LogP contribution in [-0.4, -0.2) is 11.0 Å². The predicted molar refractivity (Wildman–Crippen MR) is 90.2 cm³/mol. The van der Waals surface area contributed by atoms with E-state index in [1.807, 2.05) is 0 Å². The molecule has 1 amide bonds. The second-order valence-corrected chi connectivity index (χ2v) is 6.54. The first kappa shape index (κ1) is 16.1. The lowest BCUT2D eigenvalue weighted by atomic mass is 9.86. The highest BCUT2D eigenvalue weighted by Crippen LogP contribution is 2.22. The van der Waals surface area contributed by atoms with Gasteiger partial charge in [0.2, 0.25) is 5.91 Å². The second-order valence-electron chi connectivity index (χ2n) is 6.54. The molecule has 2 rings (SSSR count). The van der Waals surface area contributed by atoms with Crippen molar-refractivity contribution >= 4 is 11.6 Å². The number of hydrogen-bond donors (Lipinski definition) is 2. The van der Waals surface area contributed by atoms with E-state index in [9.17, 15) is 9.90 Å². The molecule has 0 aliphatic rings. The molecule has 116 valence electrons. The van der Waals surface area contributed by atoms with Gasteiger partial charge >= 0.3 is 0 Å². The van der Waals surface area contributed by atoms with E-state index in [1.54, 1.807) is 24.3 Å². The zero-order valence-electron chi connectivity index (χ0n) is 13.4. The van der Waals surface area contributed by atoms with E-state index in [0.29, 0.717) is 18.5 Å². The van der Waals surface area contributed by atoms with Gasteiger partial charge in [0.25, 0.3) is 0 Å². The van der Waals surface area contributed by atoms with Gasteiger partial charge in [-0.25, -0.2) is 0 Å². The number of benzene rings is 2. The fourth-order valence-electron chi connectivity index (χ4n) is 2.20. The van der Waals surface area contributed by atoms with E-state index < -0.39 is 0 Å². The summed E-state index contributed by atoms with van der Waals surface area (Å²) >= 11 is 0. The van der Waals surface area contributed by atoms with Crippen LogP contribution in [0.4, 0.5) is 5.69 Å². The highest BCUT2D eigenvalue weighted by atomic mass is 16.3. The minimum atomic E-state index is -0.0226. The molecule has 0 saturated carbocycles. The number of anilines is 1. The number of hydrogen-bond acceptors (Lipinski definition) is 2. The Labute approximate surface area is 132 Å². The highest BCUT2D eigenvalue weighted by molar-refractivity contribution is 5.90. The van der Waals surface area contributed by atoms with Crippen LogP contribution in [0.3, 0.4) is 0 Å². The van der Waals surface area contributed by atoms with Gasteiger partial charge in [-0.15, -0.1) is 0 Å². The molecule has 0 heterocycles. The fourth-order valence-corrected chi connectivity index (χ4v) is 2.20. The molecule has 3 heteroatoms. The van der Waals surface area contributed by atoms with Gasteiger partial charge in [-0.05, 0) is 47.2 Å². The highest BCUT2D eigenvalue weighted by Gasteiger charge is 2.13. The Hall–Kier alpha value is -2.29. The zero-order chi connectivity index (χ0) is 16.2. The van der Waals surface area contributed by atoms with Gasteiger partial charge in [0.1, 0.15) is 5.75 Å². The van der Waals surface area contributed by atoms with Gasteiger partial charge < -0.3 is 10.4 Å². The van der Waals surface area contributed by atoms with Crippen LogP contribution >= 0.6 is 0 Å². The molecule has 0 aliphatic carbocycles. The van der Waals surface area contributed by atoms with Crippen molar-refractivity contribution < 1.29 is 9.90 Å². The van der Waals surface area contributed by atoms with Crippen molar-refractivity contribution in [3.63, 3.8) is 0 Å². The number of aromatic hydroxyl groups is 1. The number of amides is 1. The minimum Gasteiger partial charge on any atom is -0.508 e. The lowest BCUT2D eigenvalue weighted by molar-refractivity contribution is -0.116. The van der Waals surface area contributed by atoms with Gasteiger partial charge in [0, 0.05) is 12.1 Å². The summed E-state index contributed by atoms with van der Waals surface area (Å²) in [5, 5.41) is 12.0. The number of carbonyl (C=O) groups excluding carboxylic acids is 1. The topological polar surface area (TPSA) is 49.3 Å². The molecule has 0 aromatic heterocycles. The van der Waals surface area contributed by atoms with Crippen molar-refractivity contribution in [1.82, 2.24) is 0 Å². The summed E-state index contributed by atoms with van der Waals surface area (Å²) in [4.78, 5) is 11.9. The average Bonchev–Trinajstić information content (AvgIpc) is 2.47. The van der Waals surface area contributed by atoms with Crippen molar-refractivity contribution in [2.45, 2.75) is 39.0 Å². The molecule has 0 spiro atoms. The van der Waals surface area contributed by atoms with Crippen molar-refractivity contribution in [2.24, 2.45) is 0 Å². The maximum atomic E-state index is 11.9. The molecule has 0 aliphatic heterocycles. The molecule has 0 bridgehead atoms. The Morgan fingerprint density at radius 1 is 1.00 bits per heavy atom. The van der Waals surface area contributed by atoms with Crippen LogP contribution < -0.4 is 5.32 Å². The first-order chi connectivity index (χ1) is 10.3. The minimum absolute atomic E-state index is 0.0226. The van der Waals surface area contributed by atoms with E-state index in [2.05, 4.69) is 50.4 Å². The third-order valence-corrected chi connectivity index (χ3v) is 3.61. The van der Waals surface area contributed by atoms with Crippen LogP contribution in [0.5, 0.6) is 5.75 Å². The van der Waals surface area contributed by atoms with Crippen LogP contribution in [-0.2, 0) is 16.6 Å². The van der Waals surface area contributed by atoms with Gasteiger partial charge in [-0.3, -0.25) is 4.79 Å². The molecule has 0 fully saturated rings. The molecule has 0 radical (unpaired) electrons. The summed E-state index contributed by atoms with van der Waals surface area (Å²) in [5.74, 6) is 0.169. The molecule has 2 aromatic rings. The first-order valence-corrected chi connectivity index (χ1v) is 7.53. The third-order valence-electron chi connectivity index (χ3n) is 3.61. The predicted octanol–water partition coefficient (Wildman–Crippen LogP) is 4.26. The Bertz CT molecular complexity index is 622. The standard InChI is InChI=1S/C19H23NO2/c1-19(2,3)15-7-4-14(5-8-15)6-13-18(22)20-16-9-11-17(21)12-10-16/h4-5,7-12,21H,6,13H2,1-3H3,(H,20,22). The SMILES string of the molecule is CC(C)(C)c1ccc(CCC(=O)Nc2ccc(O)cc2)cc1. The van der Waals surface area contributed by atoms with E-state index in [4.69, 9.17) is 0 Å². The summed E-state index contributed by atoms with van der Waals surface area (Å²) < 4.78 is 0. The molecule has 0 unspecified atom stereocenters. The summed E-state index contributed by atoms with van der Waals surface area (Å²) in [6.07, 6.45) is 1.16. The van der Waals surface area contributed by atoms with Crippen molar-refractivity contribution in [3.8, 4) is 5.75 Å². The Kier molecular flexibility index (Phi) is 4.86. The molecule has 22 heavy (non-hydrogen) atoms. The summed E-state index contributed by atoms with van der Waals surface area (Å²) in [5.41, 5.74) is 3.30. The van der Waals surface area contributed by atoms with Gasteiger partial charge in [-0.2, -0.15) is 0 Å². The van der Waals surface area contributed by atoms with E-state index in [1.165, 1.54) is 5.56 Å². The lowest BCUT2D eigenvalue weighted by Crippen LogP contribution is -2.13. The van der Waals surface area contributed by atoms with E-state index >= 15 is 0 Å². The van der Waals surface area contributed by atoms with E-state index in [-0.39, 0.29) is 17.1 Å². The Morgan fingerprint density at radius 2 is 1.59 bits per heavy atom. The van der Waals surface area contributed by atoms with Crippen LogP contribution in [0.1, 0.15) is 38.3 Å². The second kappa shape index (κ2) is 6.65. The summed E-state index contributed by atoms with van der Waals surface area (Å²) in [7, 11) is 0. The maximum Gasteiger partial charge on any atom is 0.224 e. The maximum absolute atomic E-state index is 11.9. The zero-order valence-corrected chi connectivity index (χ0v) is 13.4. The molecule has 2 aromatic carbocycles. The number of nitrogens with one attached hydrogen (secondary N) is 1. The van der Waals surface area contributed by atoms with Gasteiger partial charge in [0.05, 0.1) is 0 Å². The summed E-state index contributed by atoms with van der Waals surface area (Å²) in [6.45, 7) is 6.56. The van der Waals surface area contributed by atoms with Gasteiger partial charge in [0.15, 0.2) is 0 Å². The van der Waals surface area contributed by atoms with Crippen LogP contribution in [0, 0.1) is 0 Å². The number of carbonyl (C=O) groups is 1. The normalized spacial score (nSPS) is 11.2. The average molecular weight is 297 g/mol. The molecular weight excluding hydrogens is 274 g/mol. The van der Waals surface area contributed by atoms with Crippen molar-refractivity contribution in [2.75, 3.05) is 5.32 Å². The lowest BCUT2D eigenvalue weighted by Gasteiger charge is -2.19. The summed E-state index contributed by atoms with van der Waals surface area (Å²) in [6, 6.07) is 14.9. The number of rotatable bonds is 4. The van der Waals surface area contributed by atoms with Crippen LogP contribution in [0.25, 0.3) is 0 Å². The van der Waals surface area contributed by atoms with Gasteiger partial charge in [-0.1, -0.05) is 45.0 Å². The molecular formula is C19H23NO2. The molecule has 0 saturated heterocycles. The van der Waals surface area contributed by atoms with E-state index in [0.717, 1.165) is 5.56 Å². The fraction of sp³-hybridized carbons (Fsp3) is 0.316. The molecule has 2 N–H and O–H groups in total. The Morgan fingerprint density at radius 3 is 2.14 bits per heavy atom. The largest absolute Gasteiger partial charge is 0.508 e. The number of aryl methyl sites for hydroxylation is 1. The van der Waals surface area contributed by atoms with Crippen LogP contribution in [0.2, 0.25) is 0 Å². The molecule has 3 nitrogen and oxygen atoms in total. The molecule has 0 atom stereocenters. The smallest absolute Gasteiger partial charge is 0.224 e.